The van der Waals surface area contributed by atoms with E-state index in [1.165, 1.54) is 18.9 Å². The molecule has 12 heteroatoms. The number of rotatable bonds is 5. The van der Waals surface area contributed by atoms with Gasteiger partial charge in [0, 0.05) is 30.4 Å². The third-order valence-electron chi connectivity index (χ3n) is 8.39. The minimum Gasteiger partial charge on any atom is -0.478 e. The average molecular weight is 581 g/mol. The monoisotopic (exact) mass is 580 g/mol. The highest BCUT2D eigenvalue weighted by atomic mass is 32.2. The van der Waals surface area contributed by atoms with Crippen molar-refractivity contribution < 1.29 is 22.7 Å². The molecule has 1 N–H and O–H groups in total. The van der Waals surface area contributed by atoms with Gasteiger partial charge >= 0.3 is 0 Å². The first-order valence-electron chi connectivity index (χ1n) is 14.2. The number of aromatic nitrogens is 4. The summed E-state index contributed by atoms with van der Waals surface area (Å²) >= 11 is 0. The van der Waals surface area contributed by atoms with E-state index in [9.17, 15) is 13.2 Å². The largest absolute Gasteiger partial charge is 0.478 e. The first-order valence-corrected chi connectivity index (χ1v) is 15.6. The number of fused-ring (bicyclic) bond motifs is 6. The number of sulfonamides is 1. The third-order valence-corrected chi connectivity index (χ3v) is 9.62. The molecule has 2 aliphatic heterocycles. The summed E-state index contributed by atoms with van der Waals surface area (Å²) in [5, 5.41) is 4.27. The second kappa shape index (κ2) is 10.3. The molecule has 1 atom stereocenters. The van der Waals surface area contributed by atoms with Gasteiger partial charge in [-0.15, -0.1) is 5.10 Å². The van der Waals surface area contributed by atoms with Crippen LogP contribution in [-0.2, 0) is 10.0 Å². The van der Waals surface area contributed by atoms with Crippen LogP contribution in [0.15, 0.2) is 47.6 Å². The summed E-state index contributed by atoms with van der Waals surface area (Å²) in [5.41, 5.74) is 0.243. The van der Waals surface area contributed by atoms with Crippen molar-refractivity contribution in [3.05, 3.63) is 48.2 Å². The average Bonchev–Trinajstić information content (AvgIpc) is 3.33. The molecule has 218 valence electrons. The Morgan fingerprint density at radius 1 is 1.12 bits per heavy atom. The van der Waals surface area contributed by atoms with Crippen LogP contribution in [0.4, 0.5) is 5.82 Å². The van der Waals surface area contributed by atoms with Gasteiger partial charge in [0.05, 0.1) is 18.8 Å². The lowest BCUT2D eigenvalue weighted by Crippen LogP contribution is -2.41. The van der Waals surface area contributed by atoms with E-state index in [0.717, 1.165) is 25.7 Å². The van der Waals surface area contributed by atoms with Gasteiger partial charge in [-0.05, 0) is 81.9 Å². The van der Waals surface area contributed by atoms with E-state index < -0.39 is 15.9 Å². The molecule has 1 unspecified atom stereocenters. The van der Waals surface area contributed by atoms with E-state index in [0.29, 0.717) is 48.6 Å². The van der Waals surface area contributed by atoms with Crippen LogP contribution >= 0.6 is 0 Å². The summed E-state index contributed by atoms with van der Waals surface area (Å²) in [6.07, 6.45) is 7.84. The molecular formula is C29H36N6O5S. The molecule has 0 radical (unpaired) electrons. The molecule has 1 saturated heterocycles. The molecular weight excluding hydrogens is 544 g/mol. The van der Waals surface area contributed by atoms with Crippen LogP contribution in [0.5, 0.6) is 11.8 Å². The first-order chi connectivity index (χ1) is 19.5. The van der Waals surface area contributed by atoms with Gasteiger partial charge in [0.25, 0.3) is 15.9 Å². The Morgan fingerprint density at radius 2 is 1.95 bits per heavy atom. The lowest BCUT2D eigenvalue weighted by atomic mass is 9.93. The molecule has 3 aromatic heterocycles. The minimum atomic E-state index is -4.26. The second-order valence-corrected chi connectivity index (χ2v) is 13.9. The summed E-state index contributed by atoms with van der Waals surface area (Å²) in [5.74, 6) is 1.20. The topological polar surface area (TPSA) is 129 Å². The minimum absolute atomic E-state index is 0.162. The fraction of sp³-hybridized carbons (Fsp3) is 0.517. The van der Waals surface area contributed by atoms with Gasteiger partial charge in [-0.3, -0.25) is 4.79 Å². The van der Waals surface area contributed by atoms with Gasteiger partial charge in [-0.2, -0.15) is 13.4 Å². The highest BCUT2D eigenvalue weighted by Crippen LogP contribution is 2.48. The fourth-order valence-electron chi connectivity index (χ4n) is 5.68. The number of anilines is 1. The Hall–Kier alpha value is -3.67. The normalized spacial score (nSPS) is 22.5. The number of ether oxygens (including phenoxy) is 2. The van der Waals surface area contributed by atoms with Crippen molar-refractivity contribution in [1.29, 1.82) is 0 Å². The first kappa shape index (κ1) is 27.5. The van der Waals surface area contributed by atoms with Crippen molar-refractivity contribution >= 4 is 21.7 Å². The number of hydrogen-bond donors (Lipinski definition) is 1. The van der Waals surface area contributed by atoms with Crippen LogP contribution in [0, 0.1) is 11.3 Å². The van der Waals surface area contributed by atoms with Gasteiger partial charge in [0.2, 0.25) is 11.8 Å². The zero-order chi connectivity index (χ0) is 28.8. The molecule has 5 heterocycles. The Labute approximate surface area is 240 Å². The van der Waals surface area contributed by atoms with Crippen LogP contribution in [0.25, 0.3) is 5.82 Å². The molecule has 3 aliphatic rings. The Bertz CT molecular complexity index is 1570. The molecule has 4 bridgehead atoms. The van der Waals surface area contributed by atoms with E-state index >= 15 is 0 Å². The van der Waals surface area contributed by atoms with E-state index in [-0.39, 0.29) is 22.0 Å². The molecule has 1 amide bonds. The number of hydrogen-bond acceptors (Lipinski definition) is 9. The van der Waals surface area contributed by atoms with Crippen molar-refractivity contribution in [3.8, 4) is 17.6 Å². The maximum atomic E-state index is 13.5. The number of carbonyl (C=O) groups is 1. The van der Waals surface area contributed by atoms with Crippen molar-refractivity contribution in [1.82, 2.24) is 24.5 Å². The Balaban J connectivity index is 1.34. The lowest BCUT2D eigenvalue weighted by molar-refractivity contribution is 0.0981. The van der Waals surface area contributed by atoms with Gasteiger partial charge in [0.1, 0.15) is 5.82 Å². The van der Waals surface area contributed by atoms with E-state index in [2.05, 4.69) is 40.5 Å². The smallest absolute Gasteiger partial charge is 0.281 e. The molecule has 2 fully saturated rings. The molecule has 41 heavy (non-hydrogen) atoms. The molecule has 3 aromatic rings. The molecule has 1 aliphatic carbocycles. The van der Waals surface area contributed by atoms with Crippen molar-refractivity contribution in [2.75, 3.05) is 24.7 Å². The quantitative estimate of drug-likeness (QED) is 0.474. The summed E-state index contributed by atoms with van der Waals surface area (Å²) in [6.45, 7) is 8.20. The standard InChI is InChI=1S/C29H36N6O5S/c1-28(2)18-20-6-5-16-39-23-7-4-8-25(31-23)41(37,38)33-27(36)21-9-10-22(30-26(21)34(28)19-20)35-15-11-24(32-35)40-17-14-29(3)12-13-29/h4,7-11,15,20H,5-6,12-14,16-19H2,1-3H3,(H,33,36). The SMILES string of the molecule is CC1(CCOc2ccn(-c3ccc4c(n3)N3CC(CCCOc5cccc(n5)S(=O)(=O)NC4=O)CC3(C)C)n2)CC1. The van der Waals surface area contributed by atoms with Crippen LogP contribution < -0.4 is 19.1 Å². The number of carbonyl (C=O) groups excluding carboxylic acids is 1. The molecule has 6 rings (SSSR count). The molecule has 0 spiro atoms. The Kier molecular flexibility index (Phi) is 6.91. The summed E-state index contributed by atoms with van der Waals surface area (Å²) in [4.78, 5) is 24.7. The maximum absolute atomic E-state index is 13.5. The van der Waals surface area contributed by atoms with Gasteiger partial charge in [-0.1, -0.05) is 13.0 Å². The van der Waals surface area contributed by atoms with Crippen molar-refractivity contribution in [2.45, 2.75) is 69.9 Å². The second-order valence-electron chi connectivity index (χ2n) is 12.3. The molecule has 11 nitrogen and oxygen atoms in total. The van der Waals surface area contributed by atoms with E-state index in [4.69, 9.17) is 14.5 Å². The molecule has 1 saturated carbocycles. The summed E-state index contributed by atoms with van der Waals surface area (Å²) in [6, 6.07) is 9.55. The summed E-state index contributed by atoms with van der Waals surface area (Å²) < 4.78 is 41.7. The predicted octanol–water partition coefficient (Wildman–Crippen LogP) is 4.13. The van der Waals surface area contributed by atoms with Crippen LogP contribution in [0.1, 0.15) is 69.7 Å². The third kappa shape index (κ3) is 5.88. The van der Waals surface area contributed by atoms with Crippen LogP contribution in [0.2, 0.25) is 0 Å². The zero-order valence-electron chi connectivity index (χ0n) is 23.7. The van der Waals surface area contributed by atoms with Gasteiger partial charge in [-0.25, -0.2) is 14.4 Å². The molecule has 0 aromatic carbocycles. The van der Waals surface area contributed by atoms with Gasteiger partial charge in [0.15, 0.2) is 10.8 Å². The number of nitrogens with one attached hydrogen (secondary N) is 1. The van der Waals surface area contributed by atoms with Gasteiger partial charge < -0.3 is 14.4 Å². The van der Waals surface area contributed by atoms with Crippen LogP contribution in [0.3, 0.4) is 0 Å². The van der Waals surface area contributed by atoms with E-state index in [1.807, 2.05) is 0 Å². The number of pyridine rings is 2. The number of nitrogens with zero attached hydrogens (tertiary/aromatic N) is 5. The van der Waals surface area contributed by atoms with Crippen LogP contribution in [-0.4, -0.2) is 59.4 Å². The Morgan fingerprint density at radius 3 is 2.76 bits per heavy atom. The number of amides is 1. The van der Waals surface area contributed by atoms with E-state index in [1.54, 1.807) is 41.2 Å². The zero-order valence-corrected chi connectivity index (χ0v) is 24.5. The predicted molar refractivity (Wildman–Crippen MR) is 152 cm³/mol. The lowest BCUT2D eigenvalue weighted by Gasteiger charge is -2.34. The summed E-state index contributed by atoms with van der Waals surface area (Å²) in [7, 11) is -4.26. The fourth-order valence-corrected chi connectivity index (χ4v) is 6.61. The highest BCUT2D eigenvalue weighted by molar-refractivity contribution is 7.90. The van der Waals surface area contributed by atoms with Crippen molar-refractivity contribution in [3.63, 3.8) is 0 Å². The van der Waals surface area contributed by atoms with Crippen molar-refractivity contribution in [2.24, 2.45) is 11.3 Å². The maximum Gasteiger partial charge on any atom is 0.281 e. The highest BCUT2D eigenvalue weighted by Gasteiger charge is 2.41.